The number of pyridine rings is 1. The lowest BCUT2D eigenvalue weighted by molar-refractivity contribution is -0.287. The maximum Gasteiger partial charge on any atom is 0.419 e. The highest BCUT2D eigenvalue weighted by Crippen LogP contribution is 2.41. The highest BCUT2D eigenvalue weighted by Gasteiger charge is 2.55. The number of nitrogens with zero attached hydrogens (tertiary/aromatic N) is 3. The number of fused-ring (bicyclic) bond motifs is 1. The van der Waals surface area contributed by atoms with Gasteiger partial charge in [-0.2, -0.15) is 18.3 Å². The van der Waals surface area contributed by atoms with Gasteiger partial charge in [-0.05, 0) is 34.9 Å². The molecule has 0 saturated heterocycles. The third kappa shape index (κ3) is 2.41. The Bertz CT molecular complexity index is 791. The number of rotatable bonds is 1. The van der Waals surface area contributed by atoms with Crippen molar-refractivity contribution in [3.63, 3.8) is 0 Å². The molecule has 1 aliphatic rings. The zero-order chi connectivity index (χ0) is 18.6. The Labute approximate surface area is 135 Å². The van der Waals surface area contributed by atoms with E-state index in [-0.39, 0.29) is 17.1 Å². The first-order valence-electron chi connectivity index (χ1n) is 7.54. The summed E-state index contributed by atoms with van der Waals surface area (Å²) >= 11 is 3.21. The largest absolute Gasteiger partial charge is 0.419 e. The van der Waals surface area contributed by atoms with Crippen molar-refractivity contribution < 1.29 is 26.4 Å². The van der Waals surface area contributed by atoms with Crippen LogP contribution in [0, 0.1) is 5.82 Å². The molecule has 0 fully saturated rings. The molecule has 4 nitrogen and oxygen atoms in total. The third-order valence-electron chi connectivity index (χ3n) is 3.25. The second-order valence-corrected chi connectivity index (χ2v) is 5.54. The van der Waals surface area contributed by atoms with E-state index in [1.807, 2.05) is 0 Å². The van der Waals surface area contributed by atoms with E-state index >= 15 is 0 Å². The monoisotopic (exact) mass is 382 g/mol. The average Bonchev–Trinajstić information content (AvgIpc) is 2.82. The van der Waals surface area contributed by atoms with E-state index in [1.54, 1.807) is 0 Å². The summed E-state index contributed by atoms with van der Waals surface area (Å²) in [5, 5.41) is 4.03. The second-order valence-electron chi connectivity index (χ2n) is 4.74. The maximum absolute atomic E-state index is 13.5. The Balaban J connectivity index is 2.08. The maximum atomic E-state index is 13.5. The van der Waals surface area contributed by atoms with Gasteiger partial charge in [0.25, 0.3) is 0 Å². The van der Waals surface area contributed by atoms with Crippen LogP contribution in [0.5, 0.6) is 0 Å². The summed E-state index contributed by atoms with van der Waals surface area (Å²) in [6.07, 6.45) is -4.18. The third-order valence-corrected chi connectivity index (χ3v) is 4.08. The van der Waals surface area contributed by atoms with Gasteiger partial charge < -0.3 is 4.74 Å². The van der Waals surface area contributed by atoms with Crippen LogP contribution in [0.2, 0.25) is 0 Å². The molecule has 2 aromatic heterocycles. The molecule has 0 spiro atoms. The van der Waals surface area contributed by atoms with Gasteiger partial charge in [0.1, 0.15) is 11.5 Å². The molecule has 0 bridgehead atoms. The van der Waals surface area contributed by atoms with Crippen molar-refractivity contribution >= 4 is 15.9 Å². The minimum absolute atomic E-state index is 0.169. The quantitative estimate of drug-likeness (QED) is 0.706. The van der Waals surface area contributed by atoms with Crippen molar-refractivity contribution in [1.29, 1.82) is 0 Å². The number of hydrogen-bond acceptors (Lipinski definition) is 3. The summed E-state index contributed by atoms with van der Waals surface area (Å²) in [5.41, 5.74) is -2.72. The lowest BCUT2D eigenvalue weighted by Gasteiger charge is -2.35. The topological polar surface area (TPSA) is 39.9 Å². The van der Waals surface area contributed by atoms with Crippen molar-refractivity contribution in [2.24, 2.45) is 0 Å². The van der Waals surface area contributed by atoms with Crippen LogP contribution >= 0.6 is 15.9 Å². The molecule has 9 heteroatoms. The summed E-state index contributed by atoms with van der Waals surface area (Å²) in [7, 11) is 0. The zero-order valence-electron chi connectivity index (χ0n) is 13.8. The minimum atomic E-state index is -5.12. The smallest absolute Gasteiger partial charge is 0.358 e. The number of halogens is 5. The highest BCUT2D eigenvalue weighted by molar-refractivity contribution is 9.10. The molecule has 0 N–H and O–H groups in total. The van der Waals surface area contributed by atoms with Crippen molar-refractivity contribution in [2.45, 2.75) is 31.8 Å². The molecular formula is C13H10BrF4N3O. The summed E-state index contributed by atoms with van der Waals surface area (Å²) in [6.45, 7) is -5.07. The molecule has 1 unspecified atom stereocenters. The molecule has 22 heavy (non-hydrogen) atoms. The first-order valence-corrected chi connectivity index (χ1v) is 6.83. The Morgan fingerprint density at radius 3 is 2.82 bits per heavy atom. The number of alkyl halides is 3. The van der Waals surface area contributed by atoms with Crippen LogP contribution < -0.4 is 0 Å². The fourth-order valence-electron chi connectivity index (χ4n) is 2.04. The van der Waals surface area contributed by atoms with Crippen LogP contribution in [-0.2, 0) is 17.9 Å². The Morgan fingerprint density at radius 1 is 1.45 bits per heavy atom. The molecule has 2 aromatic rings. The van der Waals surface area contributed by atoms with Crippen molar-refractivity contribution in [2.75, 3.05) is 0 Å². The molecular weight excluding hydrogens is 370 g/mol. The second kappa shape index (κ2) is 5.02. The lowest BCUT2D eigenvalue weighted by Crippen LogP contribution is -2.51. The fraction of sp³-hybridized carbons (Fsp3) is 0.385. The Kier molecular flexibility index (Phi) is 2.74. The van der Waals surface area contributed by atoms with Gasteiger partial charge in [-0.25, -0.2) is 4.39 Å². The van der Waals surface area contributed by atoms with Gasteiger partial charge in [0, 0.05) is 4.11 Å². The summed E-state index contributed by atoms with van der Waals surface area (Å²) in [4.78, 5) is 3.83. The van der Waals surface area contributed by atoms with Gasteiger partial charge in [-0.3, -0.25) is 9.67 Å². The Hall–Kier alpha value is -1.48. The first-order chi connectivity index (χ1) is 11.5. The molecule has 0 amide bonds. The summed E-state index contributed by atoms with van der Waals surface area (Å²) < 4.78 is 81.4. The van der Waals surface area contributed by atoms with E-state index in [0.29, 0.717) is 4.47 Å². The van der Waals surface area contributed by atoms with Gasteiger partial charge >= 0.3 is 6.18 Å². The van der Waals surface area contributed by atoms with Crippen LogP contribution in [-0.4, -0.2) is 26.5 Å². The normalized spacial score (nSPS) is 24.3. The van der Waals surface area contributed by atoms with Crippen molar-refractivity contribution in [1.82, 2.24) is 14.8 Å². The van der Waals surface area contributed by atoms with Gasteiger partial charge in [-0.1, -0.05) is 0 Å². The molecule has 3 rings (SSSR count). The van der Waals surface area contributed by atoms with E-state index in [9.17, 15) is 17.6 Å². The number of aromatic nitrogens is 3. The standard InChI is InChI=1S/C13H10BrF4N3O/c1-12(13(16,17)18)6-21-9(5-22-12)10(14)11(20-21)8-3-2-7(15)4-19-8/h2-4H,5-6H2,1H3/i1D3. The molecule has 0 aromatic carbocycles. The molecule has 0 saturated carbocycles. The van der Waals surface area contributed by atoms with E-state index in [1.165, 1.54) is 6.07 Å². The van der Waals surface area contributed by atoms with Gasteiger partial charge in [0.2, 0.25) is 0 Å². The van der Waals surface area contributed by atoms with Gasteiger partial charge in [-0.15, -0.1) is 0 Å². The zero-order valence-corrected chi connectivity index (χ0v) is 12.4. The summed E-state index contributed by atoms with van der Waals surface area (Å²) in [6, 6.07) is 2.45. The van der Waals surface area contributed by atoms with Crippen LogP contribution in [0.1, 0.15) is 16.7 Å². The SMILES string of the molecule is [2H]C([2H])([2H])C1(C(F)(F)F)Cn2nc(-c3ccc(F)cn3)c(Br)c2CO1. The van der Waals surface area contributed by atoms with E-state index in [4.69, 9.17) is 8.85 Å². The number of ether oxygens (including phenoxy) is 1. The van der Waals surface area contributed by atoms with Crippen LogP contribution in [0.4, 0.5) is 17.6 Å². The minimum Gasteiger partial charge on any atom is -0.358 e. The lowest BCUT2D eigenvalue weighted by atomic mass is 10.1. The number of hydrogen-bond donors (Lipinski definition) is 0. The highest BCUT2D eigenvalue weighted by atomic mass is 79.9. The molecule has 118 valence electrons. The van der Waals surface area contributed by atoms with Crippen LogP contribution in [0.3, 0.4) is 0 Å². The fourth-order valence-corrected chi connectivity index (χ4v) is 2.64. The molecule has 1 atom stereocenters. The molecule has 3 heterocycles. The summed E-state index contributed by atoms with van der Waals surface area (Å²) in [5.74, 6) is -0.578. The molecule has 0 aliphatic carbocycles. The van der Waals surface area contributed by atoms with E-state index in [2.05, 4.69) is 26.0 Å². The van der Waals surface area contributed by atoms with Crippen LogP contribution in [0.15, 0.2) is 22.8 Å². The van der Waals surface area contributed by atoms with Gasteiger partial charge in [0.15, 0.2) is 5.60 Å². The first kappa shape index (κ1) is 12.0. The average molecular weight is 383 g/mol. The Morgan fingerprint density at radius 2 is 2.23 bits per heavy atom. The predicted octanol–water partition coefficient (Wildman–Crippen LogP) is 3.70. The van der Waals surface area contributed by atoms with Crippen LogP contribution in [0.25, 0.3) is 11.4 Å². The van der Waals surface area contributed by atoms with Gasteiger partial charge in [0.05, 0.1) is 35.2 Å². The van der Waals surface area contributed by atoms with Crippen molar-refractivity contribution in [3.8, 4) is 11.4 Å². The predicted molar refractivity (Wildman–Crippen MR) is 72.4 cm³/mol. The van der Waals surface area contributed by atoms with E-state index < -0.39 is 37.6 Å². The van der Waals surface area contributed by atoms with Crippen molar-refractivity contribution in [3.05, 3.63) is 34.3 Å². The molecule has 0 radical (unpaired) electrons. The van der Waals surface area contributed by atoms with E-state index in [0.717, 1.165) is 16.9 Å². The molecule has 1 aliphatic heterocycles.